The van der Waals surface area contributed by atoms with Gasteiger partial charge in [-0.2, -0.15) is 0 Å². The van der Waals surface area contributed by atoms with Gasteiger partial charge in [-0.3, -0.25) is 14.9 Å². The summed E-state index contributed by atoms with van der Waals surface area (Å²) in [5.74, 6) is -1.19. The van der Waals surface area contributed by atoms with Crippen molar-refractivity contribution >= 4 is 17.8 Å². The van der Waals surface area contributed by atoms with Gasteiger partial charge in [-0.25, -0.2) is 4.79 Å². The maximum Gasteiger partial charge on any atom is 0.329 e. The summed E-state index contributed by atoms with van der Waals surface area (Å²) in [6.07, 6.45) is 3.44. The van der Waals surface area contributed by atoms with Crippen LogP contribution >= 0.6 is 0 Å². The van der Waals surface area contributed by atoms with Crippen LogP contribution in [0.1, 0.15) is 85.3 Å². The molecule has 0 bridgehead atoms. The summed E-state index contributed by atoms with van der Waals surface area (Å²) < 4.78 is 11.7. The van der Waals surface area contributed by atoms with Crippen molar-refractivity contribution in [3.05, 3.63) is 71.8 Å². The van der Waals surface area contributed by atoms with E-state index in [9.17, 15) is 14.4 Å². The molecule has 0 aliphatic carbocycles. The van der Waals surface area contributed by atoms with Crippen LogP contribution in [0.15, 0.2) is 60.7 Å². The molecule has 256 valence electrons. The highest BCUT2D eigenvalue weighted by atomic mass is 16.5. The number of hydrogen-bond acceptors (Lipinski definition) is 8. The first kappa shape index (κ1) is 38.9. The Hall–Kier alpha value is -3.27. The maximum atomic E-state index is 13.4. The van der Waals surface area contributed by atoms with E-state index in [1.807, 2.05) is 109 Å². The summed E-state index contributed by atoms with van der Waals surface area (Å²) in [6, 6.07) is 17.3. The average molecular weight is 639 g/mol. The van der Waals surface area contributed by atoms with E-state index < -0.39 is 34.9 Å². The molecule has 0 aliphatic heterocycles. The number of nitrogens with two attached hydrogens (primary N) is 2. The second-order valence-corrected chi connectivity index (χ2v) is 15.0. The van der Waals surface area contributed by atoms with Crippen LogP contribution in [0, 0.1) is 10.8 Å². The van der Waals surface area contributed by atoms with Crippen LogP contribution in [0.3, 0.4) is 0 Å². The molecule has 0 radical (unpaired) electrons. The van der Waals surface area contributed by atoms with Crippen molar-refractivity contribution in [1.29, 1.82) is 0 Å². The number of ether oxygens (including phenoxy) is 2. The Kier molecular flexibility index (Phi) is 15.4. The molecule has 3 unspecified atom stereocenters. The Bertz CT molecular complexity index is 1210. The molecule has 0 saturated heterocycles. The van der Waals surface area contributed by atoms with Crippen LogP contribution < -0.4 is 22.1 Å². The molecule has 6 N–H and O–H groups in total. The second kappa shape index (κ2) is 18.2. The number of benzene rings is 2. The lowest BCUT2D eigenvalue weighted by Crippen LogP contribution is -2.50. The van der Waals surface area contributed by atoms with Gasteiger partial charge in [0.2, 0.25) is 5.91 Å². The van der Waals surface area contributed by atoms with Gasteiger partial charge in [-0.05, 0) is 75.0 Å². The number of rotatable bonds is 19. The second-order valence-electron chi connectivity index (χ2n) is 15.0. The van der Waals surface area contributed by atoms with Gasteiger partial charge in [0.05, 0.1) is 19.3 Å². The largest absolute Gasteiger partial charge is 0.464 e. The van der Waals surface area contributed by atoms with Crippen LogP contribution in [-0.2, 0) is 36.7 Å². The summed E-state index contributed by atoms with van der Waals surface area (Å²) in [5.41, 5.74) is 12.5. The number of esters is 2. The molecular weight excluding hydrogens is 580 g/mol. The fourth-order valence-electron chi connectivity index (χ4n) is 5.66. The van der Waals surface area contributed by atoms with Crippen molar-refractivity contribution in [2.75, 3.05) is 19.8 Å². The highest BCUT2D eigenvalue weighted by molar-refractivity contribution is 5.87. The molecule has 2 rings (SSSR count). The predicted octanol–water partition coefficient (Wildman–Crippen LogP) is 4.70. The van der Waals surface area contributed by atoms with Gasteiger partial charge in [0.15, 0.2) is 0 Å². The Morgan fingerprint density at radius 3 is 1.63 bits per heavy atom. The minimum Gasteiger partial charge on any atom is -0.464 e. The van der Waals surface area contributed by atoms with Crippen LogP contribution in [0.25, 0.3) is 0 Å². The van der Waals surface area contributed by atoms with E-state index in [0.29, 0.717) is 25.8 Å². The lowest BCUT2D eigenvalue weighted by Gasteiger charge is -2.35. The van der Waals surface area contributed by atoms with Gasteiger partial charge in [0.1, 0.15) is 12.1 Å². The summed E-state index contributed by atoms with van der Waals surface area (Å²) in [6.45, 7) is 15.1. The Labute approximate surface area is 276 Å². The molecule has 0 heterocycles. The smallest absolute Gasteiger partial charge is 0.329 e. The van der Waals surface area contributed by atoms with Crippen molar-refractivity contribution < 1.29 is 23.9 Å². The van der Waals surface area contributed by atoms with E-state index in [1.165, 1.54) is 0 Å². The zero-order valence-electron chi connectivity index (χ0n) is 29.1. The van der Waals surface area contributed by atoms with Crippen LogP contribution in [-0.4, -0.2) is 61.3 Å². The lowest BCUT2D eigenvalue weighted by molar-refractivity contribution is -0.153. The SMILES string of the molecule is CC(C)(COC(=O)C(Cc1ccccc1)NC(=O)C(N)CCCCN)CC(C)(C)COC(=O)C(Cc1ccccc1)NC(C)(C)C. The van der Waals surface area contributed by atoms with Crippen LogP contribution in [0.4, 0.5) is 0 Å². The van der Waals surface area contributed by atoms with Crippen molar-refractivity contribution in [2.24, 2.45) is 22.3 Å². The molecule has 0 spiro atoms. The lowest BCUT2D eigenvalue weighted by atomic mass is 9.76. The third-order valence-electron chi connectivity index (χ3n) is 7.53. The Morgan fingerprint density at radius 1 is 0.717 bits per heavy atom. The molecule has 1 amide bonds. The first-order valence-electron chi connectivity index (χ1n) is 16.5. The third-order valence-corrected chi connectivity index (χ3v) is 7.53. The fourth-order valence-corrected chi connectivity index (χ4v) is 5.66. The maximum absolute atomic E-state index is 13.4. The van der Waals surface area contributed by atoms with Gasteiger partial charge in [0, 0.05) is 12.0 Å². The summed E-state index contributed by atoms with van der Waals surface area (Å²) in [4.78, 5) is 39.5. The molecule has 2 aromatic rings. The highest BCUT2D eigenvalue weighted by Crippen LogP contribution is 2.34. The number of carbonyl (C=O) groups excluding carboxylic acids is 3. The molecular formula is C37H58N4O5. The number of nitrogens with one attached hydrogen (secondary N) is 2. The fraction of sp³-hybridized carbons (Fsp3) is 0.595. The number of carbonyl (C=O) groups is 3. The topological polar surface area (TPSA) is 146 Å². The van der Waals surface area contributed by atoms with Crippen LogP contribution in [0.2, 0.25) is 0 Å². The molecule has 9 heteroatoms. The van der Waals surface area contributed by atoms with E-state index in [2.05, 4.69) is 10.6 Å². The van der Waals surface area contributed by atoms with Gasteiger partial charge in [0.25, 0.3) is 0 Å². The predicted molar refractivity (Wildman–Crippen MR) is 184 cm³/mol. The van der Waals surface area contributed by atoms with E-state index in [4.69, 9.17) is 20.9 Å². The zero-order chi connectivity index (χ0) is 34.4. The standard InChI is InChI=1S/C37H58N4O5/c1-35(2,3)41-31(23-28-18-12-9-13-19-28)34(44)46-26-37(6,7)24-36(4,5)25-45-33(43)30(22-27-16-10-8-11-17-27)40-32(42)29(39)20-14-15-21-38/h8-13,16-19,29-31,41H,14-15,20-26,38-39H2,1-7H3,(H,40,42). The number of hydrogen-bond donors (Lipinski definition) is 4. The molecule has 46 heavy (non-hydrogen) atoms. The van der Waals surface area contributed by atoms with E-state index in [0.717, 1.165) is 24.0 Å². The quantitative estimate of drug-likeness (QED) is 0.128. The van der Waals surface area contributed by atoms with Crippen LogP contribution in [0.5, 0.6) is 0 Å². The minimum absolute atomic E-state index is 0.134. The molecule has 2 aromatic carbocycles. The zero-order valence-corrected chi connectivity index (χ0v) is 29.1. The molecule has 0 fully saturated rings. The molecule has 9 nitrogen and oxygen atoms in total. The number of unbranched alkanes of at least 4 members (excludes halogenated alkanes) is 1. The summed E-state index contributed by atoms with van der Waals surface area (Å²) in [5, 5.41) is 6.23. The highest BCUT2D eigenvalue weighted by Gasteiger charge is 2.34. The monoisotopic (exact) mass is 638 g/mol. The Morgan fingerprint density at radius 2 is 1.17 bits per heavy atom. The van der Waals surface area contributed by atoms with Gasteiger partial charge in [-0.1, -0.05) is 94.8 Å². The minimum atomic E-state index is -0.878. The van der Waals surface area contributed by atoms with Crippen molar-refractivity contribution in [3.8, 4) is 0 Å². The van der Waals surface area contributed by atoms with E-state index in [1.54, 1.807) is 0 Å². The molecule has 0 aliphatic rings. The van der Waals surface area contributed by atoms with Crippen molar-refractivity contribution in [1.82, 2.24) is 10.6 Å². The average Bonchev–Trinajstić information content (AvgIpc) is 2.98. The molecule has 0 saturated carbocycles. The summed E-state index contributed by atoms with van der Waals surface area (Å²) in [7, 11) is 0. The molecule has 3 atom stereocenters. The first-order valence-corrected chi connectivity index (χ1v) is 16.5. The van der Waals surface area contributed by atoms with E-state index >= 15 is 0 Å². The first-order chi connectivity index (χ1) is 21.5. The Balaban J connectivity index is 2.01. The molecule has 0 aromatic heterocycles. The van der Waals surface area contributed by atoms with Crippen molar-refractivity contribution in [2.45, 2.75) is 111 Å². The number of amides is 1. The van der Waals surface area contributed by atoms with Gasteiger partial charge >= 0.3 is 11.9 Å². The van der Waals surface area contributed by atoms with Gasteiger partial charge in [-0.15, -0.1) is 0 Å². The normalized spacial score (nSPS) is 14.2. The van der Waals surface area contributed by atoms with E-state index in [-0.39, 0.29) is 37.0 Å². The van der Waals surface area contributed by atoms with Gasteiger partial charge < -0.3 is 26.3 Å². The summed E-state index contributed by atoms with van der Waals surface area (Å²) >= 11 is 0. The third kappa shape index (κ3) is 15.3. The van der Waals surface area contributed by atoms with Crippen molar-refractivity contribution in [3.63, 3.8) is 0 Å².